The van der Waals surface area contributed by atoms with E-state index in [-0.39, 0.29) is 0 Å². The van der Waals surface area contributed by atoms with Crippen LogP contribution in [0.5, 0.6) is 0 Å². The molecule has 0 saturated carbocycles. The molecule has 0 radical (unpaired) electrons. The Kier molecular flexibility index (Phi) is 6.17. The molecule has 0 aliphatic rings. The molecule has 0 bridgehead atoms. The van der Waals surface area contributed by atoms with Crippen LogP contribution in [0.15, 0.2) is 180 Å². The molecule has 0 saturated heterocycles. The number of furan rings is 1. The van der Waals surface area contributed by atoms with Gasteiger partial charge in [0.05, 0.1) is 0 Å². The minimum Gasteiger partial charge on any atom is -0.456 e. The second-order valence-corrected chi connectivity index (χ2v) is 11.8. The molecule has 1 aromatic heterocycles. The summed E-state index contributed by atoms with van der Waals surface area (Å²) in [5.74, 6) is 0. The van der Waals surface area contributed by atoms with Gasteiger partial charge in [-0.25, -0.2) is 0 Å². The molecule has 0 aliphatic carbocycles. The van der Waals surface area contributed by atoms with Crippen molar-refractivity contribution >= 4 is 60.5 Å². The van der Waals surface area contributed by atoms with Crippen LogP contribution in [0.3, 0.4) is 0 Å². The van der Waals surface area contributed by atoms with Crippen LogP contribution < -0.4 is 4.90 Å². The van der Waals surface area contributed by atoms with Gasteiger partial charge in [0.1, 0.15) is 11.2 Å². The quantitative estimate of drug-likeness (QED) is 0.199. The van der Waals surface area contributed by atoms with E-state index in [0.29, 0.717) is 0 Å². The van der Waals surface area contributed by atoms with Crippen molar-refractivity contribution in [1.29, 1.82) is 0 Å². The standard InChI is InChI=1S/C44H29NO/c1-2-9-30(10-3-1)34-15-8-16-39(25-34)45(40-23-19-31-11-4-5-12-33(31)26-40)38-21-17-32(18-22-38)37-20-24-41-42-27-35-13-6-7-14-36(35)28-44(42)46-43(41)29-37/h1-29H. The predicted molar refractivity (Wildman–Crippen MR) is 194 cm³/mol. The van der Waals surface area contributed by atoms with E-state index in [9.17, 15) is 0 Å². The van der Waals surface area contributed by atoms with Crippen molar-refractivity contribution in [1.82, 2.24) is 0 Å². The lowest BCUT2D eigenvalue weighted by Gasteiger charge is -2.26. The van der Waals surface area contributed by atoms with Gasteiger partial charge in [-0.15, -0.1) is 0 Å². The van der Waals surface area contributed by atoms with Gasteiger partial charge in [0.25, 0.3) is 0 Å². The van der Waals surface area contributed by atoms with Gasteiger partial charge in [0.15, 0.2) is 0 Å². The van der Waals surface area contributed by atoms with Crippen molar-refractivity contribution in [2.24, 2.45) is 0 Å². The van der Waals surface area contributed by atoms with Crippen LogP contribution in [0.2, 0.25) is 0 Å². The van der Waals surface area contributed by atoms with Crippen LogP contribution in [0.25, 0.3) is 65.7 Å². The molecule has 2 heteroatoms. The summed E-state index contributed by atoms with van der Waals surface area (Å²) < 4.78 is 6.37. The first-order valence-corrected chi connectivity index (χ1v) is 15.7. The van der Waals surface area contributed by atoms with Crippen LogP contribution in [-0.4, -0.2) is 0 Å². The first-order valence-electron chi connectivity index (χ1n) is 15.7. The van der Waals surface area contributed by atoms with Gasteiger partial charge in [-0.2, -0.15) is 0 Å². The zero-order chi connectivity index (χ0) is 30.5. The largest absolute Gasteiger partial charge is 0.456 e. The Morgan fingerprint density at radius 3 is 1.67 bits per heavy atom. The predicted octanol–water partition coefficient (Wildman–Crippen LogP) is 12.7. The lowest BCUT2D eigenvalue weighted by molar-refractivity contribution is 0.669. The first-order chi connectivity index (χ1) is 22.8. The third kappa shape index (κ3) is 4.60. The van der Waals surface area contributed by atoms with Crippen molar-refractivity contribution in [3.63, 3.8) is 0 Å². The fourth-order valence-electron chi connectivity index (χ4n) is 6.66. The van der Waals surface area contributed by atoms with Gasteiger partial charge >= 0.3 is 0 Å². The number of fused-ring (bicyclic) bond motifs is 5. The van der Waals surface area contributed by atoms with Gasteiger partial charge < -0.3 is 9.32 Å². The Morgan fingerprint density at radius 2 is 0.870 bits per heavy atom. The summed E-state index contributed by atoms with van der Waals surface area (Å²) in [5, 5.41) is 7.15. The molecule has 9 aromatic rings. The van der Waals surface area contributed by atoms with E-state index < -0.39 is 0 Å². The fraction of sp³-hybridized carbons (Fsp3) is 0. The third-order valence-corrected chi connectivity index (χ3v) is 9.00. The molecular weight excluding hydrogens is 558 g/mol. The minimum atomic E-state index is 0.905. The average molecular weight is 588 g/mol. The van der Waals surface area contributed by atoms with E-state index in [1.54, 1.807) is 0 Å². The van der Waals surface area contributed by atoms with Crippen molar-refractivity contribution < 1.29 is 4.42 Å². The monoisotopic (exact) mass is 587 g/mol. The highest BCUT2D eigenvalue weighted by Gasteiger charge is 2.15. The molecule has 0 unspecified atom stereocenters. The zero-order valence-electron chi connectivity index (χ0n) is 25.1. The summed E-state index contributed by atoms with van der Waals surface area (Å²) >= 11 is 0. The molecule has 0 spiro atoms. The Labute approximate surface area is 267 Å². The number of rotatable bonds is 5. The molecule has 1 heterocycles. The van der Waals surface area contributed by atoms with Crippen molar-refractivity contribution in [3.05, 3.63) is 176 Å². The van der Waals surface area contributed by atoms with Gasteiger partial charge in [-0.1, -0.05) is 115 Å². The van der Waals surface area contributed by atoms with E-state index >= 15 is 0 Å². The summed E-state index contributed by atoms with van der Waals surface area (Å²) in [7, 11) is 0. The lowest BCUT2D eigenvalue weighted by atomic mass is 10.0. The Balaban J connectivity index is 1.13. The number of benzene rings is 8. The molecule has 46 heavy (non-hydrogen) atoms. The smallest absolute Gasteiger partial charge is 0.136 e. The number of nitrogens with zero attached hydrogens (tertiary/aromatic N) is 1. The van der Waals surface area contributed by atoms with E-state index in [1.165, 1.54) is 32.7 Å². The van der Waals surface area contributed by atoms with Gasteiger partial charge in [-0.05, 0) is 104 Å². The highest BCUT2D eigenvalue weighted by atomic mass is 16.3. The maximum atomic E-state index is 6.37. The molecule has 216 valence electrons. The normalized spacial score (nSPS) is 11.5. The summed E-state index contributed by atoms with van der Waals surface area (Å²) in [6.07, 6.45) is 0. The molecule has 0 amide bonds. The highest BCUT2D eigenvalue weighted by Crippen LogP contribution is 2.39. The fourth-order valence-corrected chi connectivity index (χ4v) is 6.66. The summed E-state index contributed by atoms with van der Waals surface area (Å²) in [6, 6.07) is 62.8. The Bertz CT molecular complexity index is 2530. The van der Waals surface area contributed by atoms with E-state index in [2.05, 4.69) is 181 Å². The molecule has 0 atom stereocenters. The maximum Gasteiger partial charge on any atom is 0.136 e. The first kappa shape index (κ1) is 26.3. The van der Waals surface area contributed by atoms with E-state index in [0.717, 1.165) is 50.1 Å². The lowest BCUT2D eigenvalue weighted by Crippen LogP contribution is -2.10. The highest BCUT2D eigenvalue weighted by molar-refractivity contribution is 6.10. The number of anilines is 3. The SMILES string of the molecule is c1ccc(-c2cccc(N(c3ccc(-c4ccc5c(c4)oc4cc6ccccc6cc45)cc3)c3ccc4ccccc4c3)c2)cc1. The van der Waals surface area contributed by atoms with Crippen LogP contribution in [0, 0.1) is 0 Å². The molecule has 0 aliphatic heterocycles. The molecule has 0 fully saturated rings. The number of hydrogen-bond acceptors (Lipinski definition) is 2. The molecule has 0 N–H and O–H groups in total. The Hall–Kier alpha value is -6.12. The summed E-state index contributed by atoms with van der Waals surface area (Å²) in [4.78, 5) is 2.34. The molecular formula is C44H29NO. The van der Waals surface area contributed by atoms with Crippen molar-refractivity contribution in [2.45, 2.75) is 0 Å². The van der Waals surface area contributed by atoms with Crippen molar-refractivity contribution in [2.75, 3.05) is 4.90 Å². The van der Waals surface area contributed by atoms with Crippen LogP contribution in [0.1, 0.15) is 0 Å². The van der Waals surface area contributed by atoms with Crippen LogP contribution >= 0.6 is 0 Å². The third-order valence-electron chi connectivity index (χ3n) is 9.00. The number of hydrogen-bond donors (Lipinski definition) is 0. The summed E-state index contributed by atoms with van der Waals surface area (Å²) in [5.41, 5.74) is 9.82. The maximum absolute atomic E-state index is 6.37. The molecule has 9 rings (SSSR count). The van der Waals surface area contributed by atoms with Crippen molar-refractivity contribution in [3.8, 4) is 22.3 Å². The summed E-state index contributed by atoms with van der Waals surface area (Å²) in [6.45, 7) is 0. The molecule has 8 aromatic carbocycles. The minimum absolute atomic E-state index is 0.905. The van der Waals surface area contributed by atoms with Crippen LogP contribution in [-0.2, 0) is 0 Å². The van der Waals surface area contributed by atoms with Crippen LogP contribution in [0.4, 0.5) is 17.1 Å². The second kappa shape index (κ2) is 10.8. The van der Waals surface area contributed by atoms with Gasteiger partial charge in [0, 0.05) is 27.8 Å². The second-order valence-electron chi connectivity index (χ2n) is 11.8. The Morgan fingerprint density at radius 1 is 0.304 bits per heavy atom. The van der Waals surface area contributed by atoms with E-state index in [4.69, 9.17) is 4.42 Å². The topological polar surface area (TPSA) is 16.4 Å². The van der Waals surface area contributed by atoms with E-state index in [1.807, 2.05) is 0 Å². The van der Waals surface area contributed by atoms with Gasteiger partial charge in [-0.3, -0.25) is 0 Å². The van der Waals surface area contributed by atoms with Gasteiger partial charge in [0.2, 0.25) is 0 Å². The average Bonchev–Trinajstić information content (AvgIpc) is 3.48. The molecule has 2 nitrogen and oxygen atoms in total. The zero-order valence-corrected chi connectivity index (χ0v) is 25.1.